The molecule has 1 saturated carbocycles. The van der Waals surface area contributed by atoms with Gasteiger partial charge in [-0.2, -0.15) is 0 Å². The first-order valence-corrected chi connectivity index (χ1v) is 5.98. The first-order valence-electron chi connectivity index (χ1n) is 5.98. The fourth-order valence-corrected chi connectivity index (χ4v) is 2.24. The summed E-state index contributed by atoms with van der Waals surface area (Å²) in [4.78, 5) is 15.5. The van der Waals surface area contributed by atoms with E-state index in [4.69, 9.17) is 0 Å². The summed E-state index contributed by atoms with van der Waals surface area (Å²) < 4.78 is 0. The van der Waals surface area contributed by atoms with Crippen LogP contribution in [0, 0.1) is 0 Å². The Hall–Kier alpha value is -2.16. The second-order valence-electron chi connectivity index (χ2n) is 4.68. The minimum absolute atomic E-state index is 0.622. The van der Waals surface area contributed by atoms with E-state index in [0.717, 1.165) is 29.7 Å². The summed E-state index contributed by atoms with van der Waals surface area (Å²) in [6.07, 6.45) is 3.24. The Bertz CT molecular complexity index is 571. The summed E-state index contributed by atoms with van der Waals surface area (Å²) in [7, 11) is 0. The number of rotatable bonds is 3. The molecular weight excluding hydrogens is 226 g/mol. The average Bonchev–Trinajstić information content (AvgIpc) is 3.22. The molecule has 3 heteroatoms. The molecule has 0 radical (unpaired) electrons. The van der Waals surface area contributed by atoms with Gasteiger partial charge in [-0.05, 0) is 30.5 Å². The lowest BCUT2D eigenvalue weighted by atomic mass is 9.95. The van der Waals surface area contributed by atoms with E-state index in [1.165, 1.54) is 0 Å². The van der Waals surface area contributed by atoms with Crippen LogP contribution < -0.4 is 0 Å². The standard InChI is InChI=1S/C15H13NO2/c17-14(18)15(8-9-15)12-6-4-11(5-7-12)13-3-1-2-10-16-13/h1-7,10H,8-9H2,(H,17,18). The zero-order valence-corrected chi connectivity index (χ0v) is 9.84. The van der Waals surface area contributed by atoms with Gasteiger partial charge in [0.1, 0.15) is 0 Å². The van der Waals surface area contributed by atoms with E-state index in [2.05, 4.69) is 4.98 Å². The number of carboxylic acids is 1. The van der Waals surface area contributed by atoms with Gasteiger partial charge >= 0.3 is 5.97 Å². The van der Waals surface area contributed by atoms with Crippen molar-refractivity contribution in [2.24, 2.45) is 0 Å². The number of pyridine rings is 1. The maximum absolute atomic E-state index is 11.2. The fourth-order valence-electron chi connectivity index (χ4n) is 2.24. The van der Waals surface area contributed by atoms with Crippen LogP contribution in [-0.2, 0) is 10.2 Å². The minimum atomic E-state index is -0.715. The number of aromatic nitrogens is 1. The molecule has 0 spiro atoms. The van der Waals surface area contributed by atoms with Gasteiger partial charge in [0, 0.05) is 11.8 Å². The lowest BCUT2D eigenvalue weighted by Crippen LogP contribution is -2.19. The highest BCUT2D eigenvalue weighted by Gasteiger charge is 2.51. The van der Waals surface area contributed by atoms with Gasteiger partial charge in [0.05, 0.1) is 11.1 Å². The fraction of sp³-hybridized carbons (Fsp3) is 0.200. The molecule has 3 rings (SSSR count). The molecule has 0 unspecified atom stereocenters. The summed E-state index contributed by atoms with van der Waals surface area (Å²) in [5.74, 6) is -0.715. The molecule has 1 aliphatic carbocycles. The maximum atomic E-state index is 11.2. The predicted molar refractivity (Wildman–Crippen MR) is 68.2 cm³/mol. The van der Waals surface area contributed by atoms with Crippen LogP contribution in [0.1, 0.15) is 18.4 Å². The van der Waals surface area contributed by atoms with E-state index < -0.39 is 11.4 Å². The molecule has 1 heterocycles. The van der Waals surface area contributed by atoms with Gasteiger partial charge in [-0.25, -0.2) is 0 Å². The second kappa shape index (κ2) is 3.95. The van der Waals surface area contributed by atoms with Crippen molar-refractivity contribution in [1.29, 1.82) is 0 Å². The largest absolute Gasteiger partial charge is 0.481 e. The quantitative estimate of drug-likeness (QED) is 0.896. The van der Waals surface area contributed by atoms with Gasteiger partial charge < -0.3 is 5.11 Å². The molecule has 0 atom stereocenters. The average molecular weight is 239 g/mol. The van der Waals surface area contributed by atoms with Crippen molar-refractivity contribution in [2.75, 3.05) is 0 Å². The molecule has 3 nitrogen and oxygen atoms in total. The van der Waals surface area contributed by atoms with Crippen LogP contribution in [-0.4, -0.2) is 16.1 Å². The second-order valence-corrected chi connectivity index (χ2v) is 4.68. The van der Waals surface area contributed by atoms with Crippen LogP contribution in [0.2, 0.25) is 0 Å². The summed E-state index contributed by atoms with van der Waals surface area (Å²) in [6.45, 7) is 0. The van der Waals surface area contributed by atoms with Crippen LogP contribution >= 0.6 is 0 Å². The van der Waals surface area contributed by atoms with Crippen molar-refractivity contribution in [3.05, 3.63) is 54.2 Å². The van der Waals surface area contributed by atoms with Crippen molar-refractivity contribution >= 4 is 5.97 Å². The van der Waals surface area contributed by atoms with Crippen molar-refractivity contribution < 1.29 is 9.90 Å². The van der Waals surface area contributed by atoms with Gasteiger partial charge in [-0.3, -0.25) is 9.78 Å². The normalized spacial score (nSPS) is 16.2. The van der Waals surface area contributed by atoms with Crippen LogP contribution in [0.4, 0.5) is 0 Å². The maximum Gasteiger partial charge on any atom is 0.314 e. The number of hydrogen-bond donors (Lipinski definition) is 1. The van der Waals surface area contributed by atoms with E-state index in [1.54, 1.807) is 6.20 Å². The zero-order chi connectivity index (χ0) is 12.6. The Morgan fingerprint density at radius 3 is 2.33 bits per heavy atom. The van der Waals surface area contributed by atoms with Gasteiger partial charge in [0.25, 0.3) is 0 Å². The molecule has 1 fully saturated rings. The summed E-state index contributed by atoms with van der Waals surface area (Å²) >= 11 is 0. The highest BCUT2D eigenvalue weighted by atomic mass is 16.4. The zero-order valence-electron chi connectivity index (χ0n) is 9.84. The Balaban J connectivity index is 1.93. The van der Waals surface area contributed by atoms with Crippen molar-refractivity contribution in [3.8, 4) is 11.3 Å². The monoisotopic (exact) mass is 239 g/mol. The molecule has 2 aromatic rings. The van der Waals surface area contributed by atoms with E-state index in [-0.39, 0.29) is 0 Å². The third-order valence-electron chi connectivity index (χ3n) is 3.56. The van der Waals surface area contributed by atoms with Gasteiger partial charge in [-0.1, -0.05) is 30.3 Å². The molecule has 1 aromatic heterocycles. The third-order valence-corrected chi connectivity index (χ3v) is 3.56. The predicted octanol–water partition coefficient (Wildman–Crippen LogP) is 2.86. The molecule has 1 N–H and O–H groups in total. The lowest BCUT2D eigenvalue weighted by Gasteiger charge is -2.10. The smallest absolute Gasteiger partial charge is 0.314 e. The van der Waals surface area contributed by atoms with Crippen LogP contribution in [0.25, 0.3) is 11.3 Å². The highest BCUT2D eigenvalue weighted by Crippen LogP contribution is 2.48. The topological polar surface area (TPSA) is 50.2 Å². The Morgan fingerprint density at radius 2 is 1.83 bits per heavy atom. The third kappa shape index (κ3) is 1.68. The first kappa shape index (κ1) is 11.0. The minimum Gasteiger partial charge on any atom is -0.481 e. The number of carboxylic acid groups (broad SMARTS) is 1. The number of hydrogen-bond acceptors (Lipinski definition) is 2. The molecule has 0 aliphatic heterocycles. The molecule has 1 aromatic carbocycles. The number of nitrogens with zero attached hydrogens (tertiary/aromatic N) is 1. The van der Waals surface area contributed by atoms with Crippen molar-refractivity contribution in [2.45, 2.75) is 18.3 Å². The lowest BCUT2D eigenvalue weighted by molar-refractivity contribution is -0.140. The van der Waals surface area contributed by atoms with Gasteiger partial charge in [-0.15, -0.1) is 0 Å². The molecule has 90 valence electrons. The molecule has 0 amide bonds. The molecule has 18 heavy (non-hydrogen) atoms. The van der Waals surface area contributed by atoms with E-state index in [0.29, 0.717) is 0 Å². The molecule has 1 aliphatic rings. The van der Waals surface area contributed by atoms with Gasteiger partial charge in [0.15, 0.2) is 0 Å². The van der Waals surface area contributed by atoms with E-state index >= 15 is 0 Å². The molecule has 0 bridgehead atoms. The summed E-state index contributed by atoms with van der Waals surface area (Å²) in [5.41, 5.74) is 2.20. The summed E-state index contributed by atoms with van der Waals surface area (Å²) in [6, 6.07) is 13.5. The van der Waals surface area contributed by atoms with Crippen molar-refractivity contribution in [1.82, 2.24) is 4.98 Å². The molecular formula is C15H13NO2. The SMILES string of the molecule is O=C(O)C1(c2ccc(-c3ccccn3)cc2)CC1. The van der Waals surface area contributed by atoms with Crippen LogP contribution in [0.5, 0.6) is 0 Å². The Kier molecular flexibility index (Phi) is 2.40. The summed E-state index contributed by atoms with van der Waals surface area (Å²) in [5, 5.41) is 9.23. The molecule has 0 saturated heterocycles. The Labute approximate surface area is 105 Å². The first-order chi connectivity index (χ1) is 8.72. The Morgan fingerprint density at radius 1 is 1.11 bits per heavy atom. The van der Waals surface area contributed by atoms with Gasteiger partial charge in [0.2, 0.25) is 0 Å². The van der Waals surface area contributed by atoms with E-state index in [1.807, 2.05) is 42.5 Å². The van der Waals surface area contributed by atoms with Crippen LogP contribution in [0.3, 0.4) is 0 Å². The van der Waals surface area contributed by atoms with E-state index in [9.17, 15) is 9.90 Å². The number of aliphatic carboxylic acids is 1. The number of carbonyl (C=O) groups is 1. The van der Waals surface area contributed by atoms with Crippen molar-refractivity contribution in [3.63, 3.8) is 0 Å². The number of benzene rings is 1. The van der Waals surface area contributed by atoms with Crippen LogP contribution in [0.15, 0.2) is 48.7 Å². The highest BCUT2D eigenvalue weighted by molar-refractivity contribution is 5.85.